The van der Waals surface area contributed by atoms with E-state index in [1.807, 2.05) is 0 Å². The van der Waals surface area contributed by atoms with Gasteiger partial charge in [-0.25, -0.2) is 0 Å². The highest BCUT2D eigenvalue weighted by atomic mass is 15.3. The second-order valence-corrected chi connectivity index (χ2v) is 5.86. The highest BCUT2D eigenvalue weighted by Crippen LogP contribution is 2.57. The zero-order valence-corrected chi connectivity index (χ0v) is 12.9. The Labute approximate surface area is 117 Å². The Morgan fingerprint density at radius 3 is 2.58 bits per heavy atom. The van der Waals surface area contributed by atoms with E-state index in [0.29, 0.717) is 17.4 Å². The standard InChI is InChI=1S/C16H29N3/c1-5-9-17-15-10-14(16(15,6-2)7-3)13-11-18-19(8-4)12-13/h11-12,14-15,17H,5-10H2,1-4H3. The summed E-state index contributed by atoms with van der Waals surface area (Å²) in [6, 6.07) is 0.692. The summed E-state index contributed by atoms with van der Waals surface area (Å²) in [5.74, 6) is 0.692. The molecule has 0 bridgehead atoms. The fourth-order valence-electron chi connectivity index (χ4n) is 3.83. The van der Waals surface area contributed by atoms with E-state index >= 15 is 0 Å². The van der Waals surface area contributed by atoms with Crippen LogP contribution in [0.25, 0.3) is 0 Å². The summed E-state index contributed by atoms with van der Waals surface area (Å²) >= 11 is 0. The molecule has 0 radical (unpaired) electrons. The minimum absolute atomic E-state index is 0.441. The molecule has 2 rings (SSSR count). The molecule has 1 heterocycles. The van der Waals surface area contributed by atoms with Crippen molar-refractivity contribution in [1.82, 2.24) is 15.1 Å². The summed E-state index contributed by atoms with van der Waals surface area (Å²) in [5.41, 5.74) is 1.89. The van der Waals surface area contributed by atoms with E-state index in [-0.39, 0.29) is 0 Å². The molecule has 1 saturated carbocycles. The van der Waals surface area contributed by atoms with Crippen molar-refractivity contribution in [3.63, 3.8) is 0 Å². The Balaban J connectivity index is 2.13. The topological polar surface area (TPSA) is 29.9 Å². The minimum Gasteiger partial charge on any atom is -0.313 e. The Kier molecular flexibility index (Phi) is 4.67. The number of aryl methyl sites for hydroxylation is 1. The van der Waals surface area contributed by atoms with Crippen molar-refractivity contribution in [2.45, 2.75) is 71.9 Å². The van der Waals surface area contributed by atoms with Crippen LogP contribution in [0.15, 0.2) is 12.4 Å². The summed E-state index contributed by atoms with van der Waals surface area (Å²) in [7, 11) is 0. The minimum atomic E-state index is 0.441. The molecule has 0 spiro atoms. The molecule has 1 N–H and O–H groups in total. The van der Waals surface area contributed by atoms with Crippen molar-refractivity contribution in [3.8, 4) is 0 Å². The van der Waals surface area contributed by atoms with Crippen LogP contribution in [0, 0.1) is 5.41 Å². The molecular formula is C16H29N3. The fraction of sp³-hybridized carbons (Fsp3) is 0.812. The van der Waals surface area contributed by atoms with Gasteiger partial charge >= 0.3 is 0 Å². The van der Waals surface area contributed by atoms with Crippen LogP contribution in [0.1, 0.15) is 64.9 Å². The normalized spacial score (nSPS) is 25.3. The van der Waals surface area contributed by atoms with E-state index in [1.165, 1.54) is 31.2 Å². The molecule has 2 unspecified atom stereocenters. The average Bonchev–Trinajstić information content (AvgIpc) is 2.88. The monoisotopic (exact) mass is 263 g/mol. The predicted octanol–water partition coefficient (Wildman–Crippen LogP) is 3.56. The zero-order valence-electron chi connectivity index (χ0n) is 12.9. The van der Waals surface area contributed by atoms with E-state index in [2.05, 4.69) is 55.2 Å². The van der Waals surface area contributed by atoms with Crippen LogP contribution in [0.5, 0.6) is 0 Å². The van der Waals surface area contributed by atoms with Crippen molar-refractivity contribution in [2.24, 2.45) is 5.41 Å². The average molecular weight is 263 g/mol. The number of nitrogens with zero attached hydrogens (tertiary/aromatic N) is 2. The molecular weight excluding hydrogens is 234 g/mol. The first-order valence-electron chi connectivity index (χ1n) is 7.97. The predicted molar refractivity (Wildman–Crippen MR) is 80.4 cm³/mol. The van der Waals surface area contributed by atoms with Gasteiger partial charge in [-0.15, -0.1) is 0 Å². The molecule has 2 atom stereocenters. The van der Waals surface area contributed by atoms with Crippen LogP contribution in [-0.4, -0.2) is 22.4 Å². The summed E-state index contributed by atoms with van der Waals surface area (Å²) in [4.78, 5) is 0. The molecule has 1 aromatic heterocycles. The molecule has 0 aliphatic heterocycles. The first kappa shape index (κ1) is 14.6. The molecule has 1 aromatic rings. The molecule has 3 nitrogen and oxygen atoms in total. The van der Waals surface area contributed by atoms with Gasteiger partial charge in [0.25, 0.3) is 0 Å². The van der Waals surface area contributed by atoms with Crippen molar-refractivity contribution >= 4 is 0 Å². The van der Waals surface area contributed by atoms with Gasteiger partial charge in [-0.1, -0.05) is 20.8 Å². The fourth-order valence-corrected chi connectivity index (χ4v) is 3.83. The Morgan fingerprint density at radius 2 is 2.05 bits per heavy atom. The molecule has 0 amide bonds. The van der Waals surface area contributed by atoms with E-state index in [1.54, 1.807) is 0 Å². The lowest BCUT2D eigenvalue weighted by Gasteiger charge is -2.56. The number of rotatable bonds is 7. The molecule has 1 fully saturated rings. The van der Waals surface area contributed by atoms with Crippen LogP contribution < -0.4 is 5.32 Å². The van der Waals surface area contributed by atoms with Gasteiger partial charge in [0.2, 0.25) is 0 Å². The lowest BCUT2D eigenvalue weighted by atomic mass is 9.52. The van der Waals surface area contributed by atoms with E-state index < -0.39 is 0 Å². The van der Waals surface area contributed by atoms with Gasteiger partial charge in [0.1, 0.15) is 0 Å². The number of nitrogens with one attached hydrogen (secondary N) is 1. The first-order chi connectivity index (χ1) is 9.21. The lowest BCUT2D eigenvalue weighted by molar-refractivity contribution is 0.0201. The van der Waals surface area contributed by atoms with Crippen LogP contribution >= 0.6 is 0 Å². The lowest BCUT2D eigenvalue weighted by Crippen LogP contribution is -2.58. The van der Waals surface area contributed by atoms with Crippen LogP contribution in [-0.2, 0) is 6.54 Å². The Hall–Kier alpha value is -0.830. The summed E-state index contributed by atoms with van der Waals surface area (Å²) < 4.78 is 2.05. The second-order valence-electron chi connectivity index (χ2n) is 5.86. The highest BCUT2D eigenvalue weighted by Gasteiger charge is 2.52. The van der Waals surface area contributed by atoms with Gasteiger partial charge < -0.3 is 5.32 Å². The molecule has 108 valence electrons. The van der Waals surface area contributed by atoms with Gasteiger partial charge in [-0.05, 0) is 56.0 Å². The maximum absolute atomic E-state index is 4.46. The van der Waals surface area contributed by atoms with Crippen LogP contribution in [0.3, 0.4) is 0 Å². The third-order valence-corrected chi connectivity index (χ3v) is 5.20. The highest BCUT2D eigenvalue weighted by molar-refractivity contribution is 5.24. The number of hydrogen-bond donors (Lipinski definition) is 1. The SMILES string of the molecule is CCCNC1CC(c2cnn(CC)c2)C1(CC)CC. The quantitative estimate of drug-likeness (QED) is 0.815. The smallest absolute Gasteiger partial charge is 0.0524 e. The van der Waals surface area contributed by atoms with Gasteiger partial charge in [-0.3, -0.25) is 4.68 Å². The summed E-state index contributed by atoms with van der Waals surface area (Å²) in [6.07, 6.45) is 9.35. The second kappa shape index (κ2) is 6.08. The maximum atomic E-state index is 4.46. The number of aromatic nitrogens is 2. The molecule has 1 aliphatic carbocycles. The van der Waals surface area contributed by atoms with Crippen molar-refractivity contribution in [2.75, 3.05) is 6.54 Å². The molecule has 0 saturated heterocycles. The van der Waals surface area contributed by atoms with Gasteiger partial charge in [0.15, 0.2) is 0 Å². The Morgan fingerprint density at radius 1 is 1.32 bits per heavy atom. The van der Waals surface area contributed by atoms with Gasteiger partial charge in [0, 0.05) is 18.8 Å². The van der Waals surface area contributed by atoms with E-state index in [4.69, 9.17) is 0 Å². The number of hydrogen-bond acceptors (Lipinski definition) is 2. The van der Waals surface area contributed by atoms with E-state index in [0.717, 1.165) is 13.1 Å². The largest absolute Gasteiger partial charge is 0.313 e. The van der Waals surface area contributed by atoms with Crippen LogP contribution in [0.2, 0.25) is 0 Å². The van der Waals surface area contributed by atoms with E-state index in [9.17, 15) is 0 Å². The Bertz CT molecular complexity index is 392. The third kappa shape index (κ3) is 2.45. The zero-order chi connectivity index (χ0) is 13.9. The van der Waals surface area contributed by atoms with Crippen molar-refractivity contribution in [3.05, 3.63) is 18.0 Å². The van der Waals surface area contributed by atoms with Gasteiger partial charge in [-0.2, -0.15) is 5.10 Å². The molecule has 0 aromatic carbocycles. The summed E-state index contributed by atoms with van der Waals surface area (Å²) in [5, 5.41) is 8.21. The third-order valence-electron chi connectivity index (χ3n) is 5.20. The molecule has 1 aliphatic rings. The van der Waals surface area contributed by atoms with Crippen LogP contribution in [0.4, 0.5) is 0 Å². The summed E-state index contributed by atoms with van der Waals surface area (Å²) in [6.45, 7) is 11.2. The van der Waals surface area contributed by atoms with Crippen molar-refractivity contribution < 1.29 is 0 Å². The maximum Gasteiger partial charge on any atom is 0.0524 e. The van der Waals surface area contributed by atoms with Crippen molar-refractivity contribution in [1.29, 1.82) is 0 Å². The van der Waals surface area contributed by atoms with Gasteiger partial charge in [0.05, 0.1) is 6.20 Å². The first-order valence-corrected chi connectivity index (χ1v) is 7.97. The molecule has 19 heavy (non-hydrogen) atoms. The molecule has 3 heteroatoms.